The van der Waals surface area contributed by atoms with Crippen LogP contribution in [0.4, 0.5) is 0 Å². The van der Waals surface area contributed by atoms with E-state index >= 15 is 0 Å². The molecule has 4 aromatic heterocycles. The van der Waals surface area contributed by atoms with Crippen LogP contribution in [0.2, 0.25) is 0 Å². The molecule has 5 rings (SSSR count). The van der Waals surface area contributed by atoms with Gasteiger partial charge in [0.15, 0.2) is 0 Å². The molecule has 0 fully saturated rings. The average Bonchev–Trinajstić information content (AvgIpc) is 3.11. The minimum atomic E-state index is 0.428. The van der Waals surface area contributed by atoms with Crippen molar-refractivity contribution in [1.82, 2.24) is 29.7 Å². The van der Waals surface area contributed by atoms with E-state index in [2.05, 4.69) is 72.2 Å². The van der Waals surface area contributed by atoms with Crippen LogP contribution in [-0.4, -0.2) is 69.3 Å². The predicted octanol–water partition coefficient (Wildman–Crippen LogP) is 5.04. The molecule has 0 bridgehead atoms. The number of hydrogen-bond acceptors (Lipinski definition) is 10. The van der Waals surface area contributed by atoms with Crippen LogP contribution in [0.15, 0.2) is 116 Å². The highest BCUT2D eigenvalue weighted by molar-refractivity contribution is 5.35. The molecule has 0 amide bonds. The topological polar surface area (TPSA) is 112 Å². The summed E-state index contributed by atoms with van der Waals surface area (Å²) >= 11 is 0. The van der Waals surface area contributed by atoms with Crippen molar-refractivity contribution in [3.63, 3.8) is 0 Å². The lowest BCUT2D eigenvalue weighted by Crippen LogP contribution is -2.25. The fourth-order valence-electron chi connectivity index (χ4n) is 5.35. The minimum Gasteiger partial charge on any atom is -0.491 e. The average molecular weight is 648 g/mol. The number of ether oxygens (including phenoxy) is 3. The molecule has 0 saturated heterocycles. The zero-order chi connectivity index (χ0) is 33.1. The van der Waals surface area contributed by atoms with Gasteiger partial charge in [0.2, 0.25) is 0 Å². The van der Waals surface area contributed by atoms with Gasteiger partial charge in [0.25, 0.3) is 0 Å². The minimum absolute atomic E-state index is 0.428. The van der Waals surface area contributed by atoms with Crippen LogP contribution >= 0.6 is 0 Å². The maximum absolute atomic E-state index is 6.28. The van der Waals surface area contributed by atoms with E-state index in [-0.39, 0.29) is 0 Å². The lowest BCUT2D eigenvalue weighted by atomic mass is 10.1. The van der Waals surface area contributed by atoms with Gasteiger partial charge in [-0.2, -0.15) is 0 Å². The van der Waals surface area contributed by atoms with E-state index < -0.39 is 0 Å². The van der Waals surface area contributed by atoms with E-state index in [1.807, 2.05) is 73.3 Å². The number of nitrogens with zero attached hydrogens (tertiary/aromatic N) is 6. The second kappa shape index (κ2) is 19.9. The van der Waals surface area contributed by atoms with Crippen molar-refractivity contribution >= 4 is 0 Å². The lowest BCUT2D eigenvalue weighted by Gasteiger charge is -2.25. The summed E-state index contributed by atoms with van der Waals surface area (Å²) in [7, 11) is 0. The van der Waals surface area contributed by atoms with Crippen molar-refractivity contribution in [1.29, 1.82) is 0 Å². The highest BCUT2D eigenvalue weighted by atomic mass is 16.5. The molecule has 1 aromatic carbocycles. The Morgan fingerprint density at radius 2 is 0.854 bits per heavy atom. The predicted molar refractivity (Wildman–Crippen MR) is 185 cm³/mol. The van der Waals surface area contributed by atoms with Crippen LogP contribution in [0.1, 0.15) is 33.9 Å². The Hall–Kier alpha value is -4.58. The monoisotopic (exact) mass is 647 g/mol. The Labute approximate surface area is 283 Å². The van der Waals surface area contributed by atoms with Crippen LogP contribution in [0.5, 0.6) is 5.75 Å². The second-order valence-corrected chi connectivity index (χ2v) is 11.4. The van der Waals surface area contributed by atoms with E-state index in [1.165, 1.54) is 0 Å². The molecule has 0 aliphatic heterocycles. The number of aromatic nitrogens is 4. The van der Waals surface area contributed by atoms with Gasteiger partial charge in [-0.25, -0.2) is 0 Å². The first-order valence-electron chi connectivity index (χ1n) is 16.4. The van der Waals surface area contributed by atoms with Gasteiger partial charge >= 0.3 is 0 Å². The van der Waals surface area contributed by atoms with Gasteiger partial charge in [0.05, 0.1) is 49.2 Å². The van der Waals surface area contributed by atoms with Gasteiger partial charge < -0.3 is 19.9 Å². The first-order valence-corrected chi connectivity index (χ1v) is 16.4. The number of rotatable bonds is 21. The Kier molecular flexibility index (Phi) is 14.4. The summed E-state index contributed by atoms with van der Waals surface area (Å²) in [5.41, 5.74) is 11.8. The van der Waals surface area contributed by atoms with E-state index in [4.69, 9.17) is 19.9 Å². The molecule has 2 N–H and O–H groups in total. The first kappa shape index (κ1) is 34.7. The van der Waals surface area contributed by atoms with Gasteiger partial charge in [-0.05, 0) is 71.8 Å². The summed E-state index contributed by atoms with van der Waals surface area (Å²) in [4.78, 5) is 23.1. The molecule has 0 unspecified atom stereocenters. The van der Waals surface area contributed by atoms with Crippen molar-refractivity contribution in [3.05, 3.63) is 150 Å². The van der Waals surface area contributed by atoms with Crippen LogP contribution in [0, 0.1) is 0 Å². The Morgan fingerprint density at radius 3 is 1.23 bits per heavy atom. The Morgan fingerprint density at radius 1 is 0.458 bits per heavy atom. The van der Waals surface area contributed by atoms with Crippen molar-refractivity contribution in [2.75, 3.05) is 39.6 Å². The van der Waals surface area contributed by atoms with Gasteiger partial charge in [-0.3, -0.25) is 29.7 Å². The highest BCUT2D eigenvalue weighted by Crippen LogP contribution is 2.23. The van der Waals surface area contributed by atoms with Gasteiger partial charge in [0.1, 0.15) is 12.4 Å². The zero-order valence-electron chi connectivity index (χ0n) is 27.4. The maximum atomic E-state index is 6.28. The number of nitrogens with two attached hydrogens (primary N) is 1. The molecule has 48 heavy (non-hydrogen) atoms. The van der Waals surface area contributed by atoms with Crippen LogP contribution in [0.25, 0.3) is 0 Å². The van der Waals surface area contributed by atoms with E-state index in [0.717, 1.165) is 39.7 Å². The summed E-state index contributed by atoms with van der Waals surface area (Å²) < 4.78 is 17.4. The summed E-state index contributed by atoms with van der Waals surface area (Å²) in [5, 5.41) is 0. The van der Waals surface area contributed by atoms with Crippen molar-refractivity contribution in [3.8, 4) is 5.75 Å². The molecule has 10 nitrogen and oxygen atoms in total. The Balaban J connectivity index is 1.36. The molecular formula is C38H45N7O3. The van der Waals surface area contributed by atoms with E-state index in [1.54, 1.807) is 0 Å². The normalized spacial score (nSPS) is 11.3. The quantitative estimate of drug-likeness (QED) is 0.109. The summed E-state index contributed by atoms with van der Waals surface area (Å²) in [6.45, 7) is 7.05. The van der Waals surface area contributed by atoms with Gasteiger partial charge in [-0.15, -0.1) is 0 Å². The smallest absolute Gasteiger partial charge is 0.120 e. The van der Waals surface area contributed by atoms with E-state index in [9.17, 15) is 0 Å². The fourth-order valence-corrected chi connectivity index (χ4v) is 5.35. The molecule has 0 aliphatic rings. The summed E-state index contributed by atoms with van der Waals surface area (Å²) in [6, 6.07) is 30.6. The molecule has 0 saturated carbocycles. The number of pyridine rings is 4. The van der Waals surface area contributed by atoms with E-state index in [0.29, 0.717) is 78.8 Å². The standard InChI is InChI=1S/C38H45N7O3/c39-13-18-46-19-20-47-21-22-48-38-24-32(26-44(28-34-9-1-5-14-40-34)29-35-10-2-6-15-41-35)23-33(25-38)27-45(30-36-11-3-7-16-42-36)31-37-12-4-8-17-43-37/h1-12,14-17,23-25H,13,18-22,26-31,39H2. The zero-order valence-corrected chi connectivity index (χ0v) is 27.4. The van der Waals surface area contributed by atoms with Crippen molar-refractivity contribution < 1.29 is 14.2 Å². The molecule has 0 atom stereocenters. The Bertz CT molecular complexity index is 1390. The largest absolute Gasteiger partial charge is 0.491 e. The van der Waals surface area contributed by atoms with Gasteiger partial charge in [0, 0.05) is 70.6 Å². The molecule has 5 aromatic rings. The van der Waals surface area contributed by atoms with Crippen LogP contribution < -0.4 is 10.5 Å². The highest BCUT2D eigenvalue weighted by Gasteiger charge is 2.15. The van der Waals surface area contributed by atoms with Crippen molar-refractivity contribution in [2.24, 2.45) is 5.73 Å². The molecule has 0 radical (unpaired) electrons. The molecule has 10 heteroatoms. The molecule has 4 heterocycles. The van der Waals surface area contributed by atoms with Gasteiger partial charge in [-0.1, -0.05) is 30.3 Å². The molecule has 0 aliphatic carbocycles. The molecule has 250 valence electrons. The SMILES string of the molecule is NCCOCCOCCOc1cc(CN(Cc2ccccn2)Cc2ccccn2)cc(CN(Cc2ccccn2)Cc2ccccn2)c1. The summed E-state index contributed by atoms with van der Waals surface area (Å²) in [5.74, 6) is 0.803. The third-order valence-electron chi connectivity index (χ3n) is 7.42. The summed E-state index contributed by atoms with van der Waals surface area (Å²) in [6.07, 6.45) is 7.35. The third kappa shape index (κ3) is 12.6. The number of hydrogen-bond donors (Lipinski definition) is 1. The lowest BCUT2D eigenvalue weighted by molar-refractivity contribution is 0.0387. The molecular weight excluding hydrogens is 602 g/mol. The maximum Gasteiger partial charge on any atom is 0.120 e. The molecule has 0 spiro atoms. The van der Waals surface area contributed by atoms with Crippen molar-refractivity contribution in [2.45, 2.75) is 39.3 Å². The van der Waals surface area contributed by atoms with Crippen LogP contribution in [0.3, 0.4) is 0 Å². The number of benzene rings is 1. The fraction of sp³-hybridized carbons (Fsp3) is 0.316. The van der Waals surface area contributed by atoms with Crippen LogP contribution in [-0.2, 0) is 48.7 Å². The third-order valence-corrected chi connectivity index (χ3v) is 7.42. The first-order chi connectivity index (χ1) is 23.7. The second-order valence-electron chi connectivity index (χ2n) is 11.4.